The number of halogens is 3. The van der Waals surface area contributed by atoms with Crippen molar-refractivity contribution in [1.29, 1.82) is 0 Å². The summed E-state index contributed by atoms with van der Waals surface area (Å²) in [6.45, 7) is 0.243. The van der Waals surface area contributed by atoms with Crippen LogP contribution in [-0.2, 0) is 6.54 Å². The van der Waals surface area contributed by atoms with Crippen LogP contribution < -0.4 is 0 Å². The van der Waals surface area contributed by atoms with Crippen molar-refractivity contribution in [3.05, 3.63) is 55.2 Å². The molecule has 0 aliphatic rings. The fourth-order valence-electron chi connectivity index (χ4n) is 2.09. The van der Waals surface area contributed by atoms with Gasteiger partial charge in [-0.25, -0.2) is 0 Å². The monoisotopic (exact) mass is 387 g/mol. The van der Waals surface area contributed by atoms with Crippen molar-refractivity contribution in [2.75, 3.05) is 0 Å². The number of benzene rings is 1. The summed E-state index contributed by atoms with van der Waals surface area (Å²) in [5, 5.41) is 1.08. The minimum atomic E-state index is -0.0457. The molecule has 0 aliphatic carbocycles. The summed E-state index contributed by atoms with van der Waals surface area (Å²) in [6, 6.07) is 9.51. The smallest absolute Gasteiger partial charge is 0.184 e. The first kappa shape index (κ1) is 14.1. The van der Waals surface area contributed by atoms with Crippen LogP contribution in [0.25, 0.3) is 10.9 Å². The zero-order chi connectivity index (χ0) is 14.3. The Balaban J connectivity index is 1.96. The molecule has 20 heavy (non-hydrogen) atoms. The molecule has 3 aromatic rings. The molecule has 0 bridgehead atoms. The van der Waals surface area contributed by atoms with Gasteiger partial charge in [-0.15, -0.1) is 11.3 Å². The number of ketones is 1. The molecule has 2 aromatic heterocycles. The summed E-state index contributed by atoms with van der Waals surface area (Å²) >= 11 is 16.6. The highest BCUT2D eigenvalue weighted by atomic mass is 79.9. The van der Waals surface area contributed by atoms with E-state index >= 15 is 0 Å². The van der Waals surface area contributed by atoms with Gasteiger partial charge in [0.05, 0.1) is 16.4 Å². The van der Waals surface area contributed by atoms with Crippen molar-refractivity contribution < 1.29 is 4.79 Å². The third-order valence-electron chi connectivity index (χ3n) is 3.03. The molecule has 1 aromatic carbocycles. The Morgan fingerprint density at radius 3 is 2.80 bits per heavy atom. The Labute approximate surface area is 138 Å². The van der Waals surface area contributed by atoms with Gasteiger partial charge in [-0.3, -0.25) is 4.79 Å². The first-order valence-electron chi connectivity index (χ1n) is 5.77. The topological polar surface area (TPSA) is 22.0 Å². The van der Waals surface area contributed by atoms with Gasteiger partial charge in [-0.05, 0) is 24.3 Å². The fourth-order valence-corrected chi connectivity index (χ4v) is 4.08. The molecule has 0 unspecified atom stereocenters. The van der Waals surface area contributed by atoms with Crippen LogP contribution in [-0.4, -0.2) is 10.4 Å². The normalized spacial score (nSPS) is 11.2. The standard InChI is InChI=1S/C14H8BrCl2NOS/c15-10-2-1-3-11-8(10)4-5-18(11)7-12(19)9-6-13(16)20-14(9)17/h1-6H,7H2. The first-order chi connectivity index (χ1) is 9.56. The van der Waals surface area contributed by atoms with Crippen molar-refractivity contribution >= 4 is 67.2 Å². The van der Waals surface area contributed by atoms with E-state index in [0.717, 1.165) is 15.4 Å². The van der Waals surface area contributed by atoms with Crippen LogP contribution in [0.3, 0.4) is 0 Å². The maximum Gasteiger partial charge on any atom is 0.184 e. The second-order valence-electron chi connectivity index (χ2n) is 4.28. The lowest BCUT2D eigenvalue weighted by Crippen LogP contribution is -2.08. The van der Waals surface area contributed by atoms with E-state index in [1.807, 2.05) is 35.0 Å². The molecule has 6 heteroatoms. The molecule has 0 radical (unpaired) electrons. The van der Waals surface area contributed by atoms with Crippen LogP contribution >= 0.6 is 50.5 Å². The number of Topliss-reactive ketones (excluding diaryl/α,β-unsaturated/α-hetero) is 1. The SMILES string of the molecule is O=C(Cn1ccc2c(Br)cccc21)c1cc(Cl)sc1Cl. The lowest BCUT2D eigenvalue weighted by atomic mass is 10.2. The van der Waals surface area contributed by atoms with Crippen LogP contribution in [0.5, 0.6) is 0 Å². The molecule has 2 heterocycles. The van der Waals surface area contributed by atoms with Crippen LogP contribution in [0.1, 0.15) is 10.4 Å². The Morgan fingerprint density at radius 2 is 2.10 bits per heavy atom. The Hall–Kier alpha value is -0.810. The van der Waals surface area contributed by atoms with E-state index in [1.165, 1.54) is 11.3 Å². The number of carbonyl (C=O) groups is 1. The quantitative estimate of drug-likeness (QED) is 0.531. The van der Waals surface area contributed by atoms with Gasteiger partial charge < -0.3 is 4.57 Å². The number of hydrogen-bond donors (Lipinski definition) is 0. The fraction of sp³-hybridized carbons (Fsp3) is 0.0714. The molecule has 0 atom stereocenters. The number of rotatable bonds is 3. The average molecular weight is 389 g/mol. The predicted octanol–water partition coefficient (Wildman–Crippen LogP) is 5.66. The molecule has 102 valence electrons. The van der Waals surface area contributed by atoms with Crippen molar-refractivity contribution in [2.45, 2.75) is 6.54 Å². The zero-order valence-electron chi connectivity index (χ0n) is 10.1. The van der Waals surface area contributed by atoms with E-state index in [4.69, 9.17) is 23.2 Å². The van der Waals surface area contributed by atoms with Gasteiger partial charge >= 0.3 is 0 Å². The largest absolute Gasteiger partial charge is 0.340 e. The summed E-state index contributed by atoms with van der Waals surface area (Å²) in [6.07, 6.45) is 1.90. The average Bonchev–Trinajstić information content (AvgIpc) is 2.94. The summed E-state index contributed by atoms with van der Waals surface area (Å²) in [7, 11) is 0. The molecule has 2 nitrogen and oxygen atoms in total. The summed E-state index contributed by atoms with van der Waals surface area (Å²) in [5.74, 6) is -0.0457. The highest BCUT2D eigenvalue weighted by Gasteiger charge is 2.15. The van der Waals surface area contributed by atoms with Crippen molar-refractivity contribution in [2.24, 2.45) is 0 Å². The van der Waals surface area contributed by atoms with Gasteiger partial charge in [-0.1, -0.05) is 45.2 Å². The van der Waals surface area contributed by atoms with Gasteiger partial charge in [0.25, 0.3) is 0 Å². The third kappa shape index (κ3) is 2.53. The lowest BCUT2D eigenvalue weighted by molar-refractivity contribution is 0.0974. The van der Waals surface area contributed by atoms with Crippen LogP contribution in [0.2, 0.25) is 8.67 Å². The van der Waals surface area contributed by atoms with E-state index in [0.29, 0.717) is 14.2 Å². The molecule has 0 aliphatic heterocycles. The van der Waals surface area contributed by atoms with Crippen LogP contribution in [0.4, 0.5) is 0 Å². The van der Waals surface area contributed by atoms with Gasteiger partial charge in [0, 0.05) is 21.6 Å². The molecular weight excluding hydrogens is 381 g/mol. The maximum absolute atomic E-state index is 12.3. The van der Waals surface area contributed by atoms with Gasteiger partial charge in [0.15, 0.2) is 5.78 Å². The summed E-state index contributed by atoms with van der Waals surface area (Å²) in [4.78, 5) is 12.3. The van der Waals surface area contributed by atoms with E-state index in [1.54, 1.807) is 6.07 Å². The lowest BCUT2D eigenvalue weighted by Gasteiger charge is -2.04. The molecule has 0 amide bonds. The first-order valence-corrected chi connectivity index (χ1v) is 8.14. The van der Waals surface area contributed by atoms with Gasteiger partial charge in [0.2, 0.25) is 0 Å². The highest BCUT2D eigenvalue weighted by Crippen LogP contribution is 2.32. The van der Waals surface area contributed by atoms with E-state index in [2.05, 4.69) is 15.9 Å². The summed E-state index contributed by atoms with van der Waals surface area (Å²) < 4.78 is 3.89. The molecule has 0 fully saturated rings. The molecule has 3 rings (SSSR count). The van der Waals surface area contributed by atoms with Gasteiger partial charge in [-0.2, -0.15) is 0 Å². The number of carbonyl (C=O) groups excluding carboxylic acids is 1. The summed E-state index contributed by atoms with van der Waals surface area (Å²) in [5.41, 5.74) is 1.49. The predicted molar refractivity (Wildman–Crippen MR) is 88.3 cm³/mol. The van der Waals surface area contributed by atoms with Crippen LogP contribution in [0, 0.1) is 0 Å². The molecule has 0 spiro atoms. The Bertz CT molecular complexity index is 809. The number of nitrogens with zero attached hydrogens (tertiary/aromatic N) is 1. The van der Waals surface area contributed by atoms with E-state index in [9.17, 15) is 4.79 Å². The molecule has 0 saturated heterocycles. The van der Waals surface area contributed by atoms with Crippen molar-refractivity contribution in [1.82, 2.24) is 4.57 Å². The second-order valence-corrected chi connectivity index (χ2v) is 7.42. The Kier molecular flexibility index (Phi) is 3.91. The number of thiophene rings is 1. The third-order valence-corrected chi connectivity index (χ3v) is 5.21. The minimum absolute atomic E-state index is 0.0457. The minimum Gasteiger partial charge on any atom is -0.340 e. The number of aromatic nitrogens is 1. The van der Waals surface area contributed by atoms with E-state index in [-0.39, 0.29) is 12.3 Å². The van der Waals surface area contributed by atoms with Gasteiger partial charge in [0.1, 0.15) is 4.34 Å². The van der Waals surface area contributed by atoms with E-state index < -0.39 is 0 Å². The maximum atomic E-state index is 12.3. The molecule has 0 N–H and O–H groups in total. The number of hydrogen-bond acceptors (Lipinski definition) is 2. The van der Waals surface area contributed by atoms with Crippen molar-refractivity contribution in [3.8, 4) is 0 Å². The Morgan fingerprint density at radius 1 is 1.30 bits per heavy atom. The highest BCUT2D eigenvalue weighted by molar-refractivity contribution is 9.10. The number of fused-ring (bicyclic) bond motifs is 1. The zero-order valence-corrected chi connectivity index (χ0v) is 14.0. The van der Waals surface area contributed by atoms with Crippen LogP contribution in [0.15, 0.2) is 41.0 Å². The molecule has 0 saturated carbocycles. The van der Waals surface area contributed by atoms with Crippen molar-refractivity contribution in [3.63, 3.8) is 0 Å². The molecular formula is C14H8BrCl2NOS. The second kappa shape index (κ2) is 5.53.